The zero-order valence-electron chi connectivity index (χ0n) is 12.4. The van der Waals surface area contributed by atoms with Crippen molar-refractivity contribution in [2.24, 2.45) is 0 Å². The number of hydrogen-bond donors (Lipinski definition) is 1. The summed E-state index contributed by atoms with van der Waals surface area (Å²) in [5.41, 5.74) is 2.76. The van der Waals surface area contributed by atoms with Gasteiger partial charge in [0.25, 0.3) is 0 Å². The minimum Gasteiger partial charge on any atom is -0.338 e. The maximum atomic E-state index is 12.6. The fourth-order valence-corrected chi connectivity index (χ4v) is 3.70. The molecule has 108 valence electrons. The number of rotatable bonds is 2. The monoisotopic (exact) mass is 272 g/mol. The van der Waals surface area contributed by atoms with Crippen molar-refractivity contribution in [3.63, 3.8) is 0 Å². The summed E-state index contributed by atoms with van der Waals surface area (Å²) in [5, 5.41) is 3.33. The topological polar surface area (TPSA) is 32.3 Å². The van der Waals surface area contributed by atoms with Gasteiger partial charge in [0.1, 0.15) is 0 Å². The van der Waals surface area contributed by atoms with E-state index in [1.54, 1.807) is 0 Å². The molecule has 0 saturated carbocycles. The van der Waals surface area contributed by atoms with Crippen LogP contribution in [-0.2, 0) is 4.79 Å². The molecule has 1 amide bonds. The van der Waals surface area contributed by atoms with E-state index in [0.717, 1.165) is 32.4 Å². The summed E-state index contributed by atoms with van der Waals surface area (Å²) in [6, 6.07) is 9.00. The Kier molecular flexibility index (Phi) is 3.79. The van der Waals surface area contributed by atoms with Gasteiger partial charge < -0.3 is 10.2 Å². The molecule has 0 bridgehead atoms. The number of likely N-dealkylation sites (tertiary alicyclic amines) is 1. The lowest BCUT2D eigenvalue weighted by atomic mass is 9.93. The highest BCUT2D eigenvalue weighted by Crippen LogP contribution is 2.33. The molecule has 2 aliphatic rings. The quantitative estimate of drug-likeness (QED) is 0.897. The van der Waals surface area contributed by atoms with Crippen LogP contribution in [0.4, 0.5) is 0 Å². The van der Waals surface area contributed by atoms with Gasteiger partial charge >= 0.3 is 0 Å². The molecule has 3 heteroatoms. The van der Waals surface area contributed by atoms with Crippen LogP contribution in [0.1, 0.15) is 43.2 Å². The predicted molar refractivity (Wildman–Crippen MR) is 80.7 cm³/mol. The lowest BCUT2D eigenvalue weighted by molar-refractivity contribution is -0.133. The molecule has 2 aliphatic heterocycles. The lowest BCUT2D eigenvalue weighted by Gasteiger charge is -2.25. The Morgan fingerprint density at radius 2 is 2.15 bits per heavy atom. The Hall–Kier alpha value is -1.35. The summed E-state index contributed by atoms with van der Waals surface area (Å²) in [6.07, 6.45) is 3.21. The van der Waals surface area contributed by atoms with Crippen LogP contribution < -0.4 is 5.32 Å². The summed E-state index contributed by atoms with van der Waals surface area (Å²) >= 11 is 0. The van der Waals surface area contributed by atoms with Crippen molar-refractivity contribution in [2.75, 3.05) is 13.1 Å². The van der Waals surface area contributed by atoms with Crippen molar-refractivity contribution in [1.29, 1.82) is 0 Å². The summed E-state index contributed by atoms with van der Waals surface area (Å²) in [4.78, 5) is 14.7. The standard InChI is InChI=1S/C17H24N2O/c1-12-6-3-4-7-15(12)14-10-13(2)19(11-14)17(20)16-8-5-9-18-16/h3-4,6-7,13-14,16,18H,5,8-11H2,1-2H3/t13?,14?,16-/m0/s1. The third-order valence-electron chi connectivity index (χ3n) is 4.84. The SMILES string of the molecule is Cc1ccccc1C1CC(C)N(C(=O)[C@@H]2CCCN2)C1. The maximum absolute atomic E-state index is 12.6. The van der Waals surface area contributed by atoms with Gasteiger partial charge in [-0.2, -0.15) is 0 Å². The van der Waals surface area contributed by atoms with Gasteiger partial charge in [0.2, 0.25) is 5.91 Å². The first-order valence-corrected chi connectivity index (χ1v) is 7.76. The molecular formula is C17H24N2O. The Morgan fingerprint density at radius 3 is 2.85 bits per heavy atom. The molecule has 2 unspecified atom stereocenters. The summed E-state index contributed by atoms with van der Waals surface area (Å²) < 4.78 is 0. The van der Waals surface area contributed by atoms with E-state index in [0.29, 0.717) is 17.9 Å². The molecule has 3 nitrogen and oxygen atoms in total. The number of benzene rings is 1. The first-order valence-electron chi connectivity index (χ1n) is 7.76. The van der Waals surface area contributed by atoms with E-state index < -0.39 is 0 Å². The highest BCUT2D eigenvalue weighted by Gasteiger charge is 2.37. The second kappa shape index (κ2) is 5.57. The van der Waals surface area contributed by atoms with E-state index in [-0.39, 0.29) is 6.04 Å². The van der Waals surface area contributed by atoms with Gasteiger partial charge in [-0.05, 0) is 50.8 Å². The van der Waals surface area contributed by atoms with Crippen LogP contribution >= 0.6 is 0 Å². The zero-order valence-corrected chi connectivity index (χ0v) is 12.4. The first kappa shape index (κ1) is 13.6. The van der Waals surface area contributed by atoms with Gasteiger partial charge in [-0.15, -0.1) is 0 Å². The third-order valence-corrected chi connectivity index (χ3v) is 4.84. The molecule has 1 aromatic carbocycles. The minimum atomic E-state index is 0.0630. The van der Waals surface area contributed by atoms with E-state index in [9.17, 15) is 4.79 Å². The van der Waals surface area contributed by atoms with Gasteiger partial charge in [-0.25, -0.2) is 0 Å². The molecule has 3 rings (SSSR count). The molecule has 0 radical (unpaired) electrons. The van der Waals surface area contributed by atoms with Crippen LogP contribution in [0.15, 0.2) is 24.3 Å². The molecule has 20 heavy (non-hydrogen) atoms. The molecule has 3 atom stereocenters. The van der Waals surface area contributed by atoms with Crippen LogP contribution in [-0.4, -0.2) is 36.0 Å². The van der Waals surface area contributed by atoms with Crippen molar-refractivity contribution < 1.29 is 4.79 Å². The first-order chi connectivity index (χ1) is 9.66. The number of carbonyl (C=O) groups excluding carboxylic acids is 1. The zero-order chi connectivity index (χ0) is 14.1. The van der Waals surface area contributed by atoms with Crippen molar-refractivity contribution in [2.45, 2.75) is 51.1 Å². The minimum absolute atomic E-state index is 0.0630. The fourth-order valence-electron chi connectivity index (χ4n) is 3.70. The average Bonchev–Trinajstić information content (AvgIpc) is 3.08. The van der Waals surface area contributed by atoms with E-state index >= 15 is 0 Å². The van der Waals surface area contributed by atoms with Gasteiger partial charge in [0.05, 0.1) is 6.04 Å². The van der Waals surface area contributed by atoms with Crippen molar-refractivity contribution in [3.05, 3.63) is 35.4 Å². The van der Waals surface area contributed by atoms with Crippen LogP contribution in [0.2, 0.25) is 0 Å². The van der Waals surface area contributed by atoms with E-state index in [1.807, 2.05) is 0 Å². The Labute approximate surface area is 121 Å². The maximum Gasteiger partial charge on any atom is 0.239 e. The van der Waals surface area contributed by atoms with Crippen LogP contribution in [0.25, 0.3) is 0 Å². The second-order valence-electron chi connectivity index (χ2n) is 6.28. The smallest absolute Gasteiger partial charge is 0.239 e. The second-order valence-corrected chi connectivity index (χ2v) is 6.28. The fraction of sp³-hybridized carbons (Fsp3) is 0.588. The lowest BCUT2D eigenvalue weighted by Crippen LogP contribution is -2.45. The number of hydrogen-bond acceptors (Lipinski definition) is 2. The Balaban J connectivity index is 1.73. The van der Waals surface area contributed by atoms with Crippen molar-refractivity contribution >= 4 is 5.91 Å². The number of amides is 1. The van der Waals surface area contributed by atoms with E-state index in [4.69, 9.17) is 0 Å². The van der Waals surface area contributed by atoms with Gasteiger partial charge in [0.15, 0.2) is 0 Å². The summed E-state index contributed by atoms with van der Waals surface area (Å²) in [5.74, 6) is 0.808. The number of nitrogens with one attached hydrogen (secondary N) is 1. The largest absolute Gasteiger partial charge is 0.338 e. The van der Waals surface area contributed by atoms with E-state index in [1.165, 1.54) is 11.1 Å². The van der Waals surface area contributed by atoms with Crippen LogP contribution in [0.5, 0.6) is 0 Å². The highest BCUT2D eigenvalue weighted by molar-refractivity contribution is 5.83. The highest BCUT2D eigenvalue weighted by atomic mass is 16.2. The van der Waals surface area contributed by atoms with Gasteiger partial charge in [-0.3, -0.25) is 4.79 Å². The van der Waals surface area contributed by atoms with Gasteiger partial charge in [0, 0.05) is 18.5 Å². The Bertz CT molecular complexity index is 494. The molecule has 0 spiro atoms. The summed E-state index contributed by atoms with van der Waals surface area (Å²) in [6.45, 7) is 6.22. The normalized spacial score (nSPS) is 29.9. The molecule has 2 fully saturated rings. The van der Waals surface area contributed by atoms with Crippen LogP contribution in [0, 0.1) is 6.92 Å². The van der Waals surface area contributed by atoms with Gasteiger partial charge in [-0.1, -0.05) is 24.3 Å². The summed E-state index contributed by atoms with van der Waals surface area (Å²) in [7, 11) is 0. The molecule has 1 aromatic rings. The van der Waals surface area contributed by atoms with E-state index in [2.05, 4.69) is 48.3 Å². The number of carbonyl (C=O) groups is 1. The van der Waals surface area contributed by atoms with Crippen molar-refractivity contribution in [1.82, 2.24) is 10.2 Å². The Morgan fingerprint density at radius 1 is 1.35 bits per heavy atom. The molecular weight excluding hydrogens is 248 g/mol. The molecule has 2 saturated heterocycles. The molecule has 2 heterocycles. The molecule has 0 aromatic heterocycles. The predicted octanol–water partition coefficient (Wildman–Crippen LogP) is 2.45. The van der Waals surface area contributed by atoms with Crippen LogP contribution in [0.3, 0.4) is 0 Å². The number of aryl methyl sites for hydroxylation is 1. The number of nitrogens with zero attached hydrogens (tertiary/aromatic N) is 1. The molecule has 1 N–H and O–H groups in total. The molecule has 0 aliphatic carbocycles. The van der Waals surface area contributed by atoms with Crippen molar-refractivity contribution in [3.8, 4) is 0 Å². The third kappa shape index (κ3) is 2.47. The average molecular weight is 272 g/mol.